The van der Waals surface area contributed by atoms with Crippen molar-refractivity contribution >= 4 is 11.7 Å². The van der Waals surface area contributed by atoms with Crippen molar-refractivity contribution in [2.75, 3.05) is 0 Å². The quantitative estimate of drug-likeness (QED) is 0.421. The van der Waals surface area contributed by atoms with Gasteiger partial charge in [-0.05, 0) is 79.9 Å². The molecule has 1 aromatic carbocycles. The minimum atomic E-state index is -1.35. The maximum absolute atomic E-state index is 14.9. The Bertz CT molecular complexity index is 1190. The van der Waals surface area contributed by atoms with Gasteiger partial charge in [0, 0.05) is 29.6 Å². The predicted molar refractivity (Wildman–Crippen MR) is 147 cm³/mol. The highest BCUT2D eigenvalue weighted by Gasteiger charge is 2.69. The van der Waals surface area contributed by atoms with Crippen molar-refractivity contribution in [1.29, 1.82) is 0 Å². The van der Waals surface area contributed by atoms with Crippen LogP contribution in [0.5, 0.6) is 5.75 Å². The van der Waals surface area contributed by atoms with E-state index in [1.807, 2.05) is 30.3 Å². The molecule has 1 aromatic rings. The molecular weight excluding hydrogens is 474 g/mol. The number of nitrogens with two attached hydrogens (primary N) is 1. The third kappa shape index (κ3) is 3.39. The summed E-state index contributed by atoms with van der Waals surface area (Å²) in [6.07, 6.45) is 6.78. The van der Waals surface area contributed by atoms with Gasteiger partial charge in [0.05, 0.1) is 6.10 Å². The van der Waals surface area contributed by atoms with Gasteiger partial charge in [-0.15, -0.1) is 6.58 Å². The van der Waals surface area contributed by atoms with Gasteiger partial charge in [0.25, 0.3) is 0 Å². The molecule has 2 heterocycles. The number of rotatable bonds is 2. The number of aliphatic hydroxyl groups excluding tert-OH is 1. The van der Waals surface area contributed by atoms with Crippen LogP contribution < -0.4 is 10.5 Å². The number of ether oxygens (including phenoxy) is 1. The van der Waals surface area contributed by atoms with E-state index in [1.165, 1.54) is 5.57 Å². The average molecular weight is 518 g/mol. The molecule has 204 valence electrons. The van der Waals surface area contributed by atoms with E-state index in [-0.39, 0.29) is 41.0 Å². The Balaban J connectivity index is 1.59. The summed E-state index contributed by atoms with van der Waals surface area (Å²) in [7, 11) is 0. The molecule has 3 N–H and O–H groups in total. The maximum Gasteiger partial charge on any atom is 0.231 e. The highest BCUT2D eigenvalue weighted by atomic mass is 16.5. The SMILES string of the molecule is C=C[C@@H]1C=C(C)[C@H]2[C@@H]3[C@H](Oc4ccc(cc4)CC(O)[C@@H]4CC[C@@]4(C(N)=O)C(=O)[C@@H]13)[C@@H]1[C@@H](C)C[C@@H](C)C[C@]12C. The van der Waals surface area contributed by atoms with Crippen LogP contribution in [0.15, 0.2) is 48.6 Å². The summed E-state index contributed by atoms with van der Waals surface area (Å²) in [6, 6.07) is 8.04. The first-order valence-electron chi connectivity index (χ1n) is 14.6. The van der Waals surface area contributed by atoms with Crippen molar-refractivity contribution in [1.82, 2.24) is 0 Å². The van der Waals surface area contributed by atoms with Gasteiger partial charge in [0.2, 0.25) is 5.91 Å². The fraction of sp³-hybridized carbons (Fsp3) is 0.636. The van der Waals surface area contributed by atoms with E-state index in [4.69, 9.17) is 10.5 Å². The lowest BCUT2D eigenvalue weighted by Crippen LogP contribution is -2.63. The van der Waals surface area contributed by atoms with Gasteiger partial charge < -0.3 is 15.6 Å². The summed E-state index contributed by atoms with van der Waals surface area (Å²) in [6.45, 7) is 13.5. The molecule has 5 heteroatoms. The van der Waals surface area contributed by atoms with E-state index < -0.39 is 29.3 Å². The molecule has 0 saturated heterocycles. The smallest absolute Gasteiger partial charge is 0.231 e. The number of ketones is 1. The zero-order valence-corrected chi connectivity index (χ0v) is 23.2. The van der Waals surface area contributed by atoms with Crippen LogP contribution in [0.4, 0.5) is 0 Å². The zero-order valence-electron chi connectivity index (χ0n) is 23.2. The second-order valence-corrected chi connectivity index (χ2v) is 13.7. The molecule has 2 bridgehead atoms. The van der Waals surface area contributed by atoms with Crippen molar-refractivity contribution in [3.63, 3.8) is 0 Å². The molecule has 1 amide bonds. The number of fused-ring (bicyclic) bond motifs is 5. The maximum atomic E-state index is 14.9. The molecule has 4 aliphatic carbocycles. The summed E-state index contributed by atoms with van der Waals surface area (Å²) in [4.78, 5) is 28.1. The summed E-state index contributed by atoms with van der Waals surface area (Å²) in [5.74, 6) is 0.403. The average Bonchev–Trinajstić information content (AvgIpc) is 3.07. The molecular formula is C33H43NO4. The Labute approximate surface area is 226 Å². The van der Waals surface area contributed by atoms with Crippen LogP contribution >= 0.6 is 0 Å². The standard InChI is InChI=1S/C33H43NO4/c1-6-21-14-19(4)27-26-25(21)30(36)33(31(34)37)12-11-23(33)24(35)15-20-7-9-22(10-8-20)38-29(26)28-18(3)13-17(2)16-32(27,28)5/h6-10,14,17-18,21,23-29,35H,1,11-13,15-16H2,2-5H3,(H2,34,37)/t17-,18+,21-,23+,24?,25+,26-,27+,28+,29+,32+,33+/m1/s1. The molecule has 5 nitrogen and oxygen atoms in total. The Hall–Kier alpha value is -2.40. The van der Waals surface area contributed by atoms with E-state index in [1.54, 1.807) is 0 Å². The summed E-state index contributed by atoms with van der Waals surface area (Å²) in [5, 5.41) is 11.3. The highest BCUT2D eigenvalue weighted by Crippen LogP contribution is 2.68. The van der Waals surface area contributed by atoms with E-state index in [2.05, 4.69) is 40.3 Å². The molecule has 12 atom stereocenters. The molecule has 38 heavy (non-hydrogen) atoms. The van der Waals surface area contributed by atoms with E-state index in [0.29, 0.717) is 31.1 Å². The Kier molecular flexibility index (Phi) is 5.99. The molecule has 3 saturated carbocycles. The lowest BCUT2D eigenvalue weighted by molar-refractivity contribution is -0.166. The van der Waals surface area contributed by atoms with Gasteiger partial charge in [-0.1, -0.05) is 50.6 Å². The van der Waals surface area contributed by atoms with Crippen LogP contribution in [0.25, 0.3) is 0 Å². The van der Waals surface area contributed by atoms with Crippen molar-refractivity contribution in [3.05, 3.63) is 54.1 Å². The minimum absolute atomic E-state index is 0.0207. The number of carbonyl (C=O) groups is 2. The third-order valence-electron chi connectivity index (χ3n) is 11.6. The summed E-state index contributed by atoms with van der Waals surface area (Å²) >= 11 is 0. The van der Waals surface area contributed by atoms with Crippen LogP contribution in [0, 0.1) is 58.2 Å². The van der Waals surface area contributed by atoms with Gasteiger partial charge in [-0.2, -0.15) is 0 Å². The summed E-state index contributed by atoms with van der Waals surface area (Å²) < 4.78 is 6.98. The second kappa shape index (κ2) is 8.81. The molecule has 2 aliphatic heterocycles. The number of hydrogen-bond donors (Lipinski definition) is 2. The van der Waals surface area contributed by atoms with Gasteiger partial charge in [0.1, 0.15) is 17.3 Å². The minimum Gasteiger partial charge on any atom is -0.490 e. The Morgan fingerprint density at radius 3 is 2.55 bits per heavy atom. The number of Topliss-reactive ketones (excluding diaryl/α,β-unsaturated/α-hetero) is 1. The number of carbonyl (C=O) groups excluding carboxylic acids is 2. The molecule has 0 aromatic heterocycles. The monoisotopic (exact) mass is 517 g/mol. The number of aliphatic hydroxyl groups is 1. The molecule has 0 radical (unpaired) electrons. The largest absolute Gasteiger partial charge is 0.490 e. The highest BCUT2D eigenvalue weighted by molar-refractivity contribution is 6.08. The van der Waals surface area contributed by atoms with Crippen LogP contribution in [0.1, 0.15) is 58.9 Å². The van der Waals surface area contributed by atoms with Crippen LogP contribution in [0.3, 0.4) is 0 Å². The van der Waals surface area contributed by atoms with E-state index in [9.17, 15) is 14.7 Å². The number of hydrogen-bond acceptors (Lipinski definition) is 4. The van der Waals surface area contributed by atoms with Crippen LogP contribution in [0.2, 0.25) is 0 Å². The van der Waals surface area contributed by atoms with Gasteiger partial charge in [0.15, 0.2) is 5.78 Å². The lowest BCUT2D eigenvalue weighted by atomic mass is 9.49. The Morgan fingerprint density at radius 1 is 1.24 bits per heavy atom. The fourth-order valence-electron chi connectivity index (χ4n) is 10.4. The molecule has 0 spiro atoms. The van der Waals surface area contributed by atoms with Crippen LogP contribution in [-0.4, -0.2) is 29.0 Å². The van der Waals surface area contributed by atoms with Crippen molar-refractivity contribution in [3.8, 4) is 5.75 Å². The first-order valence-corrected chi connectivity index (χ1v) is 14.6. The molecule has 1 unspecified atom stereocenters. The number of allylic oxidation sites excluding steroid dienone is 3. The second-order valence-electron chi connectivity index (χ2n) is 13.7. The molecule has 3 fully saturated rings. The topological polar surface area (TPSA) is 89.6 Å². The van der Waals surface area contributed by atoms with Gasteiger partial charge in [-0.25, -0.2) is 0 Å². The molecule has 6 aliphatic rings. The van der Waals surface area contributed by atoms with Crippen LogP contribution in [-0.2, 0) is 16.0 Å². The number of benzene rings is 1. The van der Waals surface area contributed by atoms with Crippen molar-refractivity contribution in [2.24, 2.45) is 63.9 Å². The Morgan fingerprint density at radius 2 is 1.95 bits per heavy atom. The van der Waals surface area contributed by atoms with Gasteiger partial charge >= 0.3 is 0 Å². The van der Waals surface area contributed by atoms with Crippen molar-refractivity contribution in [2.45, 2.75) is 72.0 Å². The lowest BCUT2D eigenvalue weighted by Gasteiger charge is -2.52. The molecule has 7 rings (SSSR count). The predicted octanol–water partition coefficient (Wildman–Crippen LogP) is 5.11. The normalized spacial score (nSPS) is 47.5. The third-order valence-corrected chi connectivity index (χ3v) is 11.6. The fourth-order valence-corrected chi connectivity index (χ4v) is 10.4. The number of amides is 1. The summed E-state index contributed by atoms with van der Waals surface area (Å²) in [5.41, 5.74) is 7.01. The zero-order chi connectivity index (χ0) is 27.1. The van der Waals surface area contributed by atoms with E-state index in [0.717, 1.165) is 24.2 Å². The number of primary amides is 1. The van der Waals surface area contributed by atoms with E-state index >= 15 is 0 Å². The van der Waals surface area contributed by atoms with Crippen molar-refractivity contribution < 1.29 is 19.4 Å². The first kappa shape index (κ1) is 25.9. The van der Waals surface area contributed by atoms with Gasteiger partial charge in [-0.3, -0.25) is 9.59 Å². The first-order chi connectivity index (χ1) is 18.0.